The van der Waals surface area contributed by atoms with Crippen molar-refractivity contribution < 1.29 is 8.78 Å². The van der Waals surface area contributed by atoms with E-state index < -0.39 is 11.6 Å². The topological polar surface area (TPSA) is 39.7 Å². The quantitative estimate of drug-likeness (QED) is 0.383. The van der Waals surface area contributed by atoms with Crippen LogP contribution in [0.2, 0.25) is 0 Å². The third kappa shape index (κ3) is 6.05. The van der Waals surface area contributed by atoms with Gasteiger partial charge < -0.3 is 15.5 Å². The van der Waals surface area contributed by atoms with Crippen LogP contribution in [0.5, 0.6) is 0 Å². The zero-order valence-corrected chi connectivity index (χ0v) is 17.6. The van der Waals surface area contributed by atoms with Gasteiger partial charge in [-0.3, -0.25) is 0 Å². The van der Waals surface area contributed by atoms with Crippen LogP contribution >= 0.6 is 24.0 Å². The van der Waals surface area contributed by atoms with Crippen LogP contribution < -0.4 is 15.5 Å². The SMILES string of the molecule is CCNC(=NCc1cc(F)ccc1F)NC1CCN(c2ccccc2)C1.I. The Kier molecular flexibility index (Phi) is 8.27. The molecule has 2 aromatic rings. The molecule has 0 aliphatic carbocycles. The summed E-state index contributed by atoms with van der Waals surface area (Å²) in [5.41, 5.74) is 1.46. The standard InChI is InChI=1S/C20H24F2N4.HI/c1-2-23-20(24-13-15-12-16(21)8-9-19(15)22)25-17-10-11-26(14-17)18-6-4-3-5-7-18;/h3-9,12,17H,2,10-11,13-14H2,1H3,(H2,23,24,25);1H. The van der Waals surface area contributed by atoms with E-state index >= 15 is 0 Å². The van der Waals surface area contributed by atoms with Gasteiger partial charge in [-0.2, -0.15) is 0 Å². The second kappa shape index (κ2) is 10.4. The Hall–Kier alpha value is -1.90. The highest BCUT2D eigenvalue weighted by Crippen LogP contribution is 2.19. The molecule has 3 rings (SSSR count). The minimum Gasteiger partial charge on any atom is -0.369 e. The van der Waals surface area contributed by atoms with E-state index in [0.717, 1.165) is 31.6 Å². The molecule has 27 heavy (non-hydrogen) atoms. The highest BCUT2D eigenvalue weighted by Gasteiger charge is 2.23. The first-order chi connectivity index (χ1) is 12.7. The number of halogens is 3. The van der Waals surface area contributed by atoms with Crippen LogP contribution in [0, 0.1) is 11.6 Å². The van der Waals surface area contributed by atoms with Crippen molar-refractivity contribution >= 4 is 35.6 Å². The summed E-state index contributed by atoms with van der Waals surface area (Å²) < 4.78 is 27.1. The number of para-hydroxylation sites is 1. The number of guanidine groups is 1. The lowest BCUT2D eigenvalue weighted by Crippen LogP contribution is -2.44. The predicted molar refractivity (Wildman–Crippen MR) is 117 cm³/mol. The van der Waals surface area contributed by atoms with Gasteiger partial charge in [0.25, 0.3) is 0 Å². The molecule has 1 heterocycles. The van der Waals surface area contributed by atoms with Gasteiger partial charge in [-0.05, 0) is 43.7 Å². The molecule has 0 spiro atoms. The first-order valence-corrected chi connectivity index (χ1v) is 8.94. The smallest absolute Gasteiger partial charge is 0.191 e. The van der Waals surface area contributed by atoms with Gasteiger partial charge in [-0.15, -0.1) is 24.0 Å². The summed E-state index contributed by atoms with van der Waals surface area (Å²) in [5.74, 6) is -0.276. The summed E-state index contributed by atoms with van der Waals surface area (Å²) in [6, 6.07) is 14.0. The second-order valence-corrected chi connectivity index (χ2v) is 6.34. The van der Waals surface area contributed by atoms with Crippen LogP contribution in [0.15, 0.2) is 53.5 Å². The van der Waals surface area contributed by atoms with Gasteiger partial charge in [0.1, 0.15) is 11.6 Å². The summed E-state index contributed by atoms with van der Waals surface area (Å²) in [6.07, 6.45) is 0.994. The van der Waals surface area contributed by atoms with Crippen LogP contribution in [0.25, 0.3) is 0 Å². The third-order valence-electron chi connectivity index (χ3n) is 4.41. The normalized spacial score (nSPS) is 16.8. The fraction of sp³-hybridized carbons (Fsp3) is 0.350. The number of hydrogen-bond acceptors (Lipinski definition) is 2. The molecule has 0 amide bonds. The maximum atomic E-state index is 13.8. The van der Waals surface area contributed by atoms with Crippen molar-refractivity contribution in [2.45, 2.75) is 25.9 Å². The molecule has 146 valence electrons. The molecule has 2 N–H and O–H groups in total. The molecule has 1 saturated heterocycles. The molecule has 7 heteroatoms. The average Bonchev–Trinajstić information content (AvgIpc) is 3.12. The Balaban J connectivity index is 0.00000261. The van der Waals surface area contributed by atoms with Crippen LogP contribution in [0.3, 0.4) is 0 Å². The summed E-state index contributed by atoms with van der Waals surface area (Å²) >= 11 is 0. The lowest BCUT2D eigenvalue weighted by atomic mass is 10.2. The molecule has 4 nitrogen and oxygen atoms in total. The van der Waals surface area contributed by atoms with Crippen molar-refractivity contribution in [3.05, 3.63) is 65.7 Å². The summed E-state index contributed by atoms with van der Waals surface area (Å²) in [6.45, 7) is 4.62. The van der Waals surface area contributed by atoms with Gasteiger partial charge in [-0.25, -0.2) is 13.8 Å². The van der Waals surface area contributed by atoms with Crippen molar-refractivity contribution in [1.29, 1.82) is 0 Å². The Morgan fingerprint density at radius 3 is 2.70 bits per heavy atom. The molecular weight excluding hydrogens is 461 g/mol. The van der Waals surface area contributed by atoms with Crippen molar-refractivity contribution in [2.24, 2.45) is 4.99 Å². The lowest BCUT2D eigenvalue weighted by molar-refractivity contribution is 0.584. The fourth-order valence-corrected chi connectivity index (χ4v) is 3.09. The molecule has 0 bridgehead atoms. The first-order valence-electron chi connectivity index (χ1n) is 8.94. The van der Waals surface area contributed by atoms with E-state index in [1.54, 1.807) is 0 Å². The van der Waals surface area contributed by atoms with Gasteiger partial charge in [-0.1, -0.05) is 18.2 Å². The van der Waals surface area contributed by atoms with Crippen molar-refractivity contribution in [3.63, 3.8) is 0 Å². The number of hydrogen-bond donors (Lipinski definition) is 2. The number of nitrogens with zero attached hydrogens (tertiary/aromatic N) is 2. The second-order valence-electron chi connectivity index (χ2n) is 6.34. The molecule has 1 aliphatic heterocycles. The summed E-state index contributed by atoms with van der Waals surface area (Å²) in [5, 5.41) is 6.57. The van der Waals surface area contributed by atoms with Crippen LogP contribution in [-0.2, 0) is 6.54 Å². The largest absolute Gasteiger partial charge is 0.369 e. The molecule has 2 aromatic carbocycles. The average molecular weight is 486 g/mol. The van der Waals surface area contributed by atoms with E-state index in [1.165, 1.54) is 11.8 Å². The van der Waals surface area contributed by atoms with Gasteiger partial charge in [0.2, 0.25) is 0 Å². The summed E-state index contributed by atoms with van der Waals surface area (Å²) in [4.78, 5) is 6.74. The molecule has 0 saturated carbocycles. The van der Waals surface area contributed by atoms with Crippen molar-refractivity contribution in [1.82, 2.24) is 10.6 Å². The Bertz CT molecular complexity index is 755. The van der Waals surface area contributed by atoms with Crippen molar-refractivity contribution in [2.75, 3.05) is 24.5 Å². The monoisotopic (exact) mass is 486 g/mol. The van der Waals surface area contributed by atoms with E-state index in [9.17, 15) is 8.78 Å². The van der Waals surface area contributed by atoms with Crippen LogP contribution in [-0.4, -0.2) is 31.6 Å². The first kappa shape index (κ1) is 21.4. The highest BCUT2D eigenvalue weighted by atomic mass is 127. The highest BCUT2D eigenvalue weighted by molar-refractivity contribution is 14.0. The number of nitrogens with one attached hydrogen (secondary N) is 2. The Morgan fingerprint density at radius 1 is 1.19 bits per heavy atom. The number of anilines is 1. The van der Waals surface area contributed by atoms with E-state index in [-0.39, 0.29) is 42.1 Å². The zero-order chi connectivity index (χ0) is 18.4. The summed E-state index contributed by atoms with van der Waals surface area (Å²) in [7, 11) is 0. The Labute approximate surface area is 176 Å². The lowest BCUT2D eigenvalue weighted by Gasteiger charge is -2.20. The van der Waals surface area contributed by atoms with Crippen molar-refractivity contribution in [3.8, 4) is 0 Å². The molecule has 0 aromatic heterocycles. The maximum absolute atomic E-state index is 13.8. The van der Waals surface area contributed by atoms with E-state index in [2.05, 4.69) is 32.7 Å². The van der Waals surface area contributed by atoms with Crippen LogP contribution in [0.4, 0.5) is 14.5 Å². The van der Waals surface area contributed by atoms with E-state index in [4.69, 9.17) is 0 Å². The van der Waals surface area contributed by atoms with Gasteiger partial charge in [0, 0.05) is 36.9 Å². The molecule has 1 aliphatic rings. The minimum atomic E-state index is -0.455. The number of rotatable bonds is 5. The molecule has 1 atom stereocenters. The maximum Gasteiger partial charge on any atom is 0.191 e. The minimum absolute atomic E-state index is 0. The van der Waals surface area contributed by atoms with E-state index in [1.807, 2.05) is 25.1 Å². The molecule has 1 fully saturated rings. The zero-order valence-electron chi connectivity index (χ0n) is 15.3. The molecule has 1 unspecified atom stereocenters. The number of benzene rings is 2. The third-order valence-corrected chi connectivity index (χ3v) is 4.41. The fourth-order valence-electron chi connectivity index (χ4n) is 3.09. The van der Waals surface area contributed by atoms with Gasteiger partial charge in [0.15, 0.2) is 5.96 Å². The Morgan fingerprint density at radius 2 is 1.96 bits per heavy atom. The van der Waals surface area contributed by atoms with Crippen LogP contribution in [0.1, 0.15) is 18.9 Å². The molecular formula is C20H25F2IN4. The predicted octanol–water partition coefficient (Wildman–Crippen LogP) is 3.92. The van der Waals surface area contributed by atoms with Gasteiger partial charge >= 0.3 is 0 Å². The number of aliphatic imine (C=N–C) groups is 1. The van der Waals surface area contributed by atoms with Gasteiger partial charge in [0.05, 0.1) is 6.54 Å². The molecule has 0 radical (unpaired) electrons. The van der Waals surface area contributed by atoms with E-state index in [0.29, 0.717) is 12.5 Å².